The lowest BCUT2D eigenvalue weighted by molar-refractivity contribution is -0.138. The number of hydrogen-bond acceptors (Lipinski definition) is 7. The molecule has 212 valence electrons. The Labute approximate surface area is 237 Å². The Morgan fingerprint density at radius 3 is 2.77 bits per heavy atom. The maximum Gasteiger partial charge on any atom is 0.416 e. The van der Waals surface area contributed by atoms with E-state index in [2.05, 4.69) is 5.10 Å². The number of fused-ring (bicyclic) bond motifs is 1. The van der Waals surface area contributed by atoms with Crippen molar-refractivity contribution in [2.75, 3.05) is 33.4 Å². The topological polar surface area (TPSA) is 87.9 Å². The number of halogens is 4. The lowest BCUT2D eigenvalue weighted by Gasteiger charge is -2.26. The second-order valence-electron chi connectivity index (χ2n) is 9.74. The van der Waals surface area contributed by atoms with Gasteiger partial charge in [0.2, 0.25) is 0 Å². The smallest absolute Gasteiger partial charge is 0.392 e. The molecule has 0 unspecified atom stereocenters. The maximum absolute atomic E-state index is 13.5. The summed E-state index contributed by atoms with van der Waals surface area (Å²) in [5.74, 6) is -0.402. The molecule has 2 saturated heterocycles. The van der Waals surface area contributed by atoms with E-state index >= 15 is 0 Å². The molecule has 5 rings (SSSR count). The highest BCUT2D eigenvalue weighted by Gasteiger charge is 2.40. The first-order chi connectivity index (χ1) is 19.0. The van der Waals surface area contributed by atoms with E-state index in [9.17, 15) is 27.9 Å². The highest BCUT2D eigenvalue weighted by Crippen LogP contribution is 2.36. The number of carbonyl (C=O) groups is 2. The number of likely N-dealkylation sites (tertiary alicyclic amines) is 1. The van der Waals surface area contributed by atoms with Crippen LogP contribution in [0.25, 0.3) is 17.0 Å². The van der Waals surface area contributed by atoms with E-state index in [0.717, 1.165) is 17.8 Å². The summed E-state index contributed by atoms with van der Waals surface area (Å²) in [6.45, 7) is 1.61. The van der Waals surface area contributed by atoms with E-state index in [0.29, 0.717) is 42.6 Å². The highest BCUT2D eigenvalue weighted by atomic mass is 35.5. The van der Waals surface area contributed by atoms with Gasteiger partial charge in [0.25, 0.3) is 11.1 Å². The summed E-state index contributed by atoms with van der Waals surface area (Å²) in [6.07, 6.45) is -1.45. The number of β-amino-alcohol motifs (C(OH)–C–C–N with tert-alkyl or cyclic N) is 1. The zero-order valence-corrected chi connectivity index (χ0v) is 23.0. The van der Waals surface area contributed by atoms with Crippen LogP contribution in [-0.4, -0.2) is 81.3 Å². The molecule has 13 heteroatoms. The van der Waals surface area contributed by atoms with Crippen LogP contribution in [-0.2, 0) is 22.3 Å². The number of ether oxygens (including phenoxy) is 1. The number of thioether (sulfide) groups is 1. The van der Waals surface area contributed by atoms with Gasteiger partial charge in [-0.15, -0.1) is 0 Å². The molecule has 0 radical (unpaired) electrons. The average Bonchev–Trinajstić information content (AvgIpc) is 3.54. The fourth-order valence-electron chi connectivity index (χ4n) is 5.08. The third-order valence-electron chi connectivity index (χ3n) is 7.02. The first-order valence-electron chi connectivity index (χ1n) is 12.5. The van der Waals surface area contributed by atoms with Gasteiger partial charge < -0.3 is 9.84 Å². The first-order valence-corrected chi connectivity index (χ1v) is 13.7. The van der Waals surface area contributed by atoms with Crippen molar-refractivity contribution in [1.29, 1.82) is 0 Å². The molecule has 3 aromatic rings. The van der Waals surface area contributed by atoms with Gasteiger partial charge in [0, 0.05) is 43.2 Å². The van der Waals surface area contributed by atoms with Gasteiger partial charge >= 0.3 is 6.18 Å². The van der Waals surface area contributed by atoms with Gasteiger partial charge in [-0.25, -0.2) is 0 Å². The summed E-state index contributed by atoms with van der Waals surface area (Å²) >= 11 is 6.65. The van der Waals surface area contributed by atoms with Crippen molar-refractivity contribution in [3.05, 3.63) is 69.2 Å². The molecule has 2 amide bonds. The van der Waals surface area contributed by atoms with Crippen LogP contribution >= 0.6 is 23.4 Å². The quantitative estimate of drug-likeness (QED) is 0.372. The summed E-state index contributed by atoms with van der Waals surface area (Å²) in [7, 11) is 1.59. The van der Waals surface area contributed by atoms with Crippen molar-refractivity contribution in [3.63, 3.8) is 0 Å². The Balaban J connectivity index is 1.33. The molecule has 0 bridgehead atoms. The van der Waals surface area contributed by atoms with E-state index < -0.39 is 23.8 Å². The minimum absolute atomic E-state index is 0.000271. The summed E-state index contributed by atoms with van der Waals surface area (Å²) < 4.78 is 47.2. The zero-order chi connectivity index (χ0) is 28.6. The van der Waals surface area contributed by atoms with Crippen LogP contribution in [0.5, 0.6) is 0 Å². The fraction of sp³-hybridized carbons (Fsp3) is 0.370. The van der Waals surface area contributed by atoms with Crippen molar-refractivity contribution in [2.45, 2.75) is 31.3 Å². The molecule has 3 heterocycles. The number of hydrogen-bond donors (Lipinski definition) is 1. The molecule has 2 fully saturated rings. The lowest BCUT2D eigenvalue weighted by Crippen LogP contribution is -2.43. The maximum atomic E-state index is 13.5. The van der Waals surface area contributed by atoms with E-state index in [1.165, 1.54) is 21.7 Å². The summed E-state index contributed by atoms with van der Waals surface area (Å²) in [5.41, 5.74) is 0.488. The SMILES string of the molecule is COCCN1C[C@H](O)C[C@H]1CN1C(=O)S/C(=C\c2ccc3c(cnn3Cc3ccc(Cl)cc3C(F)(F)F)c2)C1=O. The van der Waals surface area contributed by atoms with Gasteiger partial charge in [0.1, 0.15) is 0 Å². The number of aliphatic hydroxyl groups excluding tert-OH is 1. The van der Waals surface area contributed by atoms with Crippen LogP contribution in [0.3, 0.4) is 0 Å². The number of nitrogens with zero attached hydrogens (tertiary/aromatic N) is 4. The monoisotopic (exact) mass is 594 g/mol. The third kappa shape index (κ3) is 6.06. The standard InChI is InChI=1S/C27H26ClF3N4O4S/c1-39-7-6-33-15-21(36)11-20(33)14-34-25(37)24(40-26(34)38)9-16-2-5-23-18(8-16)12-32-35(23)13-17-3-4-19(28)10-22(17)27(29,30)31/h2-5,8-10,12,20-21,36H,6-7,11,13-15H2,1H3/b24-9-/t20-,21+/m0/s1. The normalized spacial score (nSPS) is 21.4. The molecule has 1 N–H and O–H groups in total. The summed E-state index contributed by atoms with van der Waals surface area (Å²) in [6, 6.07) is 8.70. The molecular formula is C27H26ClF3N4O4S. The van der Waals surface area contributed by atoms with E-state index in [1.807, 2.05) is 4.90 Å². The molecule has 40 heavy (non-hydrogen) atoms. The molecule has 0 spiro atoms. The molecule has 0 aliphatic carbocycles. The van der Waals surface area contributed by atoms with Gasteiger partial charge in [0.05, 0.1) is 41.4 Å². The fourth-order valence-corrected chi connectivity index (χ4v) is 6.10. The molecule has 2 atom stereocenters. The van der Waals surface area contributed by atoms with Gasteiger partial charge in [0.15, 0.2) is 0 Å². The number of alkyl halides is 3. The second-order valence-corrected chi connectivity index (χ2v) is 11.2. The number of imide groups is 1. The first kappa shape index (κ1) is 28.6. The van der Waals surface area contributed by atoms with E-state index in [4.69, 9.17) is 16.3 Å². The molecule has 8 nitrogen and oxygen atoms in total. The van der Waals surface area contributed by atoms with Crippen LogP contribution in [0.2, 0.25) is 5.02 Å². The van der Waals surface area contributed by atoms with Crippen molar-refractivity contribution in [2.24, 2.45) is 0 Å². The number of aliphatic hydroxyl groups is 1. The molecular weight excluding hydrogens is 569 g/mol. The predicted molar refractivity (Wildman–Crippen MR) is 146 cm³/mol. The van der Waals surface area contributed by atoms with Gasteiger partial charge in [-0.3, -0.25) is 24.1 Å². The van der Waals surface area contributed by atoms with Gasteiger partial charge in [-0.05, 0) is 59.7 Å². The summed E-state index contributed by atoms with van der Waals surface area (Å²) in [5, 5.41) is 14.7. The average molecular weight is 595 g/mol. The molecule has 0 saturated carbocycles. The second kappa shape index (κ2) is 11.5. The third-order valence-corrected chi connectivity index (χ3v) is 8.16. The Kier molecular flexibility index (Phi) is 8.25. The van der Waals surface area contributed by atoms with Crippen LogP contribution in [0.4, 0.5) is 18.0 Å². The lowest BCUT2D eigenvalue weighted by atomic mass is 10.1. The number of carbonyl (C=O) groups excluding carboxylic acids is 2. The number of benzene rings is 2. The summed E-state index contributed by atoms with van der Waals surface area (Å²) in [4.78, 5) is 29.3. The number of aromatic nitrogens is 2. The number of methoxy groups -OCH3 is 1. The minimum Gasteiger partial charge on any atom is -0.392 e. The van der Waals surface area contributed by atoms with Crippen LogP contribution in [0.15, 0.2) is 47.5 Å². The Morgan fingerprint density at radius 2 is 2.02 bits per heavy atom. The molecule has 1 aromatic heterocycles. The van der Waals surface area contributed by atoms with Crippen molar-refractivity contribution in [1.82, 2.24) is 19.6 Å². The van der Waals surface area contributed by atoms with E-state index in [1.54, 1.807) is 37.6 Å². The van der Waals surface area contributed by atoms with Gasteiger partial charge in [-0.1, -0.05) is 23.7 Å². The van der Waals surface area contributed by atoms with Gasteiger partial charge in [-0.2, -0.15) is 18.3 Å². The van der Waals surface area contributed by atoms with Crippen molar-refractivity contribution < 1.29 is 32.6 Å². The van der Waals surface area contributed by atoms with E-state index in [-0.39, 0.29) is 39.9 Å². The predicted octanol–water partition coefficient (Wildman–Crippen LogP) is 4.87. The number of rotatable bonds is 8. The molecule has 2 aliphatic heterocycles. The van der Waals surface area contributed by atoms with Crippen molar-refractivity contribution in [3.8, 4) is 0 Å². The minimum atomic E-state index is -4.56. The Hall–Kier alpha value is -2.90. The van der Waals surface area contributed by atoms with Crippen LogP contribution < -0.4 is 0 Å². The highest BCUT2D eigenvalue weighted by molar-refractivity contribution is 8.18. The van der Waals surface area contributed by atoms with Crippen molar-refractivity contribution >= 4 is 51.5 Å². The largest absolute Gasteiger partial charge is 0.416 e. The molecule has 2 aromatic carbocycles. The zero-order valence-electron chi connectivity index (χ0n) is 21.4. The number of amides is 2. The van der Waals surface area contributed by atoms with Crippen LogP contribution in [0, 0.1) is 0 Å². The Bertz CT molecular complexity index is 1480. The van der Waals surface area contributed by atoms with Crippen LogP contribution in [0.1, 0.15) is 23.1 Å². The molecule has 2 aliphatic rings. The Morgan fingerprint density at radius 1 is 1.23 bits per heavy atom.